The van der Waals surface area contributed by atoms with E-state index in [1.54, 1.807) is 7.11 Å². The predicted octanol–water partition coefficient (Wildman–Crippen LogP) is 4.32. The molecule has 4 aromatic carbocycles. The fourth-order valence-corrected chi connectivity index (χ4v) is 3.38. The number of hydrogen-bond donors (Lipinski definition) is 0. The van der Waals surface area contributed by atoms with Crippen molar-refractivity contribution in [2.24, 2.45) is 0 Å². The normalized spacial score (nSPS) is 13.6. The molecule has 0 aromatic heterocycles. The number of methoxy groups -OCH3 is 1. The first-order valence-electron chi connectivity index (χ1n) is 6.91. The molecule has 102 valence electrons. The highest BCUT2D eigenvalue weighted by molar-refractivity contribution is 6.25. The number of benzene rings is 4. The SMILES string of the molecule is COc1ccc2ccc3cc4c(c5ccc1c2c35)OCO4. The largest absolute Gasteiger partial charge is 0.496 e. The van der Waals surface area contributed by atoms with Crippen LogP contribution in [0.5, 0.6) is 17.2 Å². The molecule has 3 nitrogen and oxygen atoms in total. The van der Waals surface area contributed by atoms with E-state index in [9.17, 15) is 0 Å². The van der Waals surface area contributed by atoms with Gasteiger partial charge in [-0.05, 0) is 35.0 Å². The third-order valence-corrected chi connectivity index (χ3v) is 4.30. The monoisotopic (exact) mass is 276 g/mol. The van der Waals surface area contributed by atoms with E-state index in [0.717, 1.165) is 28.0 Å². The lowest BCUT2D eigenvalue weighted by atomic mass is 9.93. The van der Waals surface area contributed by atoms with Crippen LogP contribution in [-0.4, -0.2) is 13.9 Å². The average Bonchev–Trinajstić information content (AvgIpc) is 3.00. The van der Waals surface area contributed by atoms with Gasteiger partial charge in [0.25, 0.3) is 0 Å². The Morgan fingerprint density at radius 1 is 0.857 bits per heavy atom. The van der Waals surface area contributed by atoms with Crippen molar-refractivity contribution in [2.45, 2.75) is 0 Å². The molecule has 0 radical (unpaired) electrons. The summed E-state index contributed by atoms with van der Waals surface area (Å²) in [4.78, 5) is 0. The molecular weight excluding hydrogens is 264 g/mol. The molecule has 0 N–H and O–H groups in total. The summed E-state index contributed by atoms with van der Waals surface area (Å²) in [7, 11) is 1.71. The highest BCUT2D eigenvalue weighted by Crippen LogP contribution is 2.46. The summed E-state index contributed by atoms with van der Waals surface area (Å²) in [5.74, 6) is 2.57. The predicted molar refractivity (Wildman–Crippen MR) is 82.8 cm³/mol. The maximum Gasteiger partial charge on any atom is 0.231 e. The standard InChI is InChI=1S/C18H12O3/c1-19-14-7-4-10-2-3-11-8-15-18(21-9-20-15)13-6-5-12(14)16(10)17(11)13/h2-8H,9H2,1H3. The molecule has 0 bridgehead atoms. The fraction of sp³-hybridized carbons (Fsp3) is 0.111. The van der Waals surface area contributed by atoms with E-state index in [0.29, 0.717) is 6.79 Å². The van der Waals surface area contributed by atoms with Crippen LogP contribution in [0.4, 0.5) is 0 Å². The van der Waals surface area contributed by atoms with Crippen molar-refractivity contribution in [1.29, 1.82) is 0 Å². The maximum absolute atomic E-state index is 5.66. The number of ether oxygens (including phenoxy) is 3. The molecule has 4 aromatic rings. The van der Waals surface area contributed by atoms with Crippen molar-refractivity contribution in [3.8, 4) is 17.2 Å². The number of fused-ring (bicyclic) bond motifs is 2. The molecule has 0 atom stereocenters. The van der Waals surface area contributed by atoms with Crippen LogP contribution in [0.25, 0.3) is 32.3 Å². The summed E-state index contributed by atoms with van der Waals surface area (Å²) in [5.41, 5.74) is 0. The first-order valence-corrected chi connectivity index (χ1v) is 6.91. The summed E-state index contributed by atoms with van der Waals surface area (Å²) in [6.45, 7) is 0.292. The lowest BCUT2D eigenvalue weighted by Crippen LogP contribution is -1.93. The summed E-state index contributed by atoms with van der Waals surface area (Å²) in [6.07, 6.45) is 0. The van der Waals surface area contributed by atoms with Gasteiger partial charge in [0.2, 0.25) is 6.79 Å². The Morgan fingerprint density at radius 2 is 1.62 bits per heavy atom. The maximum atomic E-state index is 5.66. The van der Waals surface area contributed by atoms with E-state index in [-0.39, 0.29) is 0 Å². The zero-order chi connectivity index (χ0) is 14.0. The first kappa shape index (κ1) is 11.0. The number of rotatable bonds is 1. The van der Waals surface area contributed by atoms with Gasteiger partial charge in [0.15, 0.2) is 11.5 Å². The summed E-state index contributed by atoms with van der Waals surface area (Å²) >= 11 is 0. The van der Waals surface area contributed by atoms with Gasteiger partial charge in [-0.15, -0.1) is 0 Å². The van der Waals surface area contributed by atoms with Gasteiger partial charge in [-0.3, -0.25) is 0 Å². The lowest BCUT2D eigenvalue weighted by Gasteiger charge is -2.14. The van der Waals surface area contributed by atoms with E-state index in [4.69, 9.17) is 14.2 Å². The molecule has 21 heavy (non-hydrogen) atoms. The van der Waals surface area contributed by atoms with Gasteiger partial charge in [-0.25, -0.2) is 0 Å². The van der Waals surface area contributed by atoms with Crippen LogP contribution in [0, 0.1) is 0 Å². The summed E-state index contributed by atoms with van der Waals surface area (Å²) in [5, 5.41) is 7.05. The van der Waals surface area contributed by atoms with Crippen LogP contribution in [0.1, 0.15) is 0 Å². The minimum atomic E-state index is 0.292. The molecule has 1 heterocycles. The molecule has 0 saturated heterocycles. The van der Waals surface area contributed by atoms with E-state index < -0.39 is 0 Å². The second-order valence-corrected chi connectivity index (χ2v) is 5.30. The van der Waals surface area contributed by atoms with Gasteiger partial charge < -0.3 is 14.2 Å². The van der Waals surface area contributed by atoms with Crippen molar-refractivity contribution >= 4 is 32.3 Å². The van der Waals surface area contributed by atoms with Crippen molar-refractivity contribution in [3.63, 3.8) is 0 Å². The highest BCUT2D eigenvalue weighted by atomic mass is 16.7. The van der Waals surface area contributed by atoms with Crippen LogP contribution in [-0.2, 0) is 0 Å². The minimum absolute atomic E-state index is 0.292. The number of hydrogen-bond acceptors (Lipinski definition) is 3. The molecule has 0 spiro atoms. The van der Waals surface area contributed by atoms with E-state index in [1.807, 2.05) is 6.07 Å². The molecule has 1 aliphatic heterocycles. The van der Waals surface area contributed by atoms with Gasteiger partial charge >= 0.3 is 0 Å². The highest BCUT2D eigenvalue weighted by Gasteiger charge is 2.21. The van der Waals surface area contributed by atoms with Gasteiger partial charge in [-0.2, -0.15) is 0 Å². The second kappa shape index (κ2) is 3.70. The van der Waals surface area contributed by atoms with E-state index in [2.05, 4.69) is 36.4 Å². The smallest absolute Gasteiger partial charge is 0.231 e. The summed E-state index contributed by atoms with van der Waals surface area (Å²) in [6, 6.07) is 14.7. The molecule has 1 aliphatic rings. The van der Waals surface area contributed by atoms with Crippen LogP contribution in [0.15, 0.2) is 42.5 Å². The van der Waals surface area contributed by atoms with Gasteiger partial charge in [0.1, 0.15) is 5.75 Å². The Labute approximate surface area is 121 Å². The molecule has 0 saturated carbocycles. The second-order valence-electron chi connectivity index (χ2n) is 5.30. The zero-order valence-electron chi connectivity index (χ0n) is 11.5. The third-order valence-electron chi connectivity index (χ3n) is 4.30. The molecule has 5 rings (SSSR count). The zero-order valence-corrected chi connectivity index (χ0v) is 11.5. The Morgan fingerprint density at radius 3 is 2.52 bits per heavy atom. The Kier molecular flexibility index (Phi) is 1.94. The summed E-state index contributed by atoms with van der Waals surface area (Å²) < 4.78 is 16.7. The third kappa shape index (κ3) is 1.28. The van der Waals surface area contributed by atoms with Crippen LogP contribution in [0.3, 0.4) is 0 Å². The molecular formula is C18H12O3. The Hall–Kier alpha value is -2.68. The Balaban J connectivity index is 2.10. The minimum Gasteiger partial charge on any atom is -0.496 e. The quantitative estimate of drug-likeness (QED) is 0.484. The molecule has 0 unspecified atom stereocenters. The van der Waals surface area contributed by atoms with Crippen LogP contribution < -0.4 is 14.2 Å². The van der Waals surface area contributed by atoms with Crippen molar-refractivity contribution in [1.82, 2.24) is 0 Å². The van der Waals surface area contributed by atoms with Crippen molar-refractivity contribution in [2.75, 3.05) is 13.9 Å². The van der Waals surface area contributed by atoms with Crippen LogP contribution >= 0.6 is 0 Å². The van der Waals surface area contributed by atoms with Crippen molar-refractivity contribution < 1.29 is 14.2 Å². The molecule has 3 heteroatoms. The molecule has 0 aliphatic carbocycles. The fourth-order valence-electron chi connectivity index (χ4n) is 3.38. The van der Waals surface area contributed by atoms with E-state index >= 15 is 0 Å². The van der Waals surface area contributed by atoms with Gasteiger partial charge in [-0.1, -0.05) is 18.2 Å². The first-order chi connectivity index (χ1) is 10.4. The average molecular weight is 276 g/mol. The van der Waals surface area contributed by atoms with Gasteiger partial charge in [0.05, 0.1) is 7.11 Å². The van der Waals surface area contributed by atoms with Crippen molar-refractivity contribution in [3.05, 3.63) is 42.5 Å². The van der Waals surface area contributed by atoms with Crippen LogP contribution in [0.2, 0.25) is 0 Å². The Bertz CT molecular complexity index is 1000. The molecule has 0 amide bonds. The topological polar surface area (TPSA) is 27.7 Å². The van der Waals surface area contributed by atoms with E-state index in [1.165, 1.54) is 21.5 Å². The van der Waals surface area contributed by atoms with Gasteiger partial charge in [0, 0.05) is 21.5 Å². The lowest BCUT2D eigenvalue weighted by molar-refractivity contribution is 0.175. The molecule has 0 fully saturated rings.